The number of para-hydroxylation sites is 1. The molecule has 0 spiro atoms. The molecule has 2 N–H and O–H groups in total. The highest BCUT2D eigenvalue weighted by Gasteiger charge is 2.17. The van der Waals surface area contributed by atoms with Crippen LogP contribution in [0.4, 0.5) is 5.69 Å². The monoisotopic (exact) mass is 370 g/mol. The maximum absolute atomic E-state index is 12.2. The van der Waals surface area contributed by atoms with Crippen LogP contribution < -0.4 is 5.32 Å². The van der Waals surface area contributed by atoms with E-state index in [0.717, 1.165) is 16.8 Å². The first-order chi connectivity index (χ1) is 12.8. The van der Waals surface area contributed by atoms with Gasteiger partial charge in [-0.3, -0.25) is 9.59 Å². The fourth-order valence-corrected chi connectivity index (χ4v) is 2.41. The Morgan fingerprint density at radius 2 is 1.63 bits per heavy atom. The smallest absolute Gasteiger partial charge is 0.338 e. The number of phenolic OH excluding ortho intramolecular Hbond substituents is 1. The van der Waals surface area contributed by atoms with E-state index in [4.69, 9.17) is 4.74 Å². The zero-order valence-corrected chi connectivity index (χ0v) is 15.5. The maximum Gasteiger partial charge on any atom is 0.338 e. The summed E-state index contributed by atoms with van der Waals surface area (Å²) in [7, 11) is 1.46. The second-order valence-corrected chi connectivity index (χ2v) is 6.19. The zero-order valence-electron chi connectivity index (χ0n) is 15.5. The number of benzene rings is 2. The molecule has 0 atom stereocenters. The Bertz CT molecular complexity index is 826. The van der Waals surface area contributed by atoms with Gasteiger partial charge in [0.05, 0.1) is 12.1 Å². The van der Waals surface area contributed by atoms with E-state index in [-0.39, 0.29) is 23.8 Å². The predicted octanol–water partition coefficient (Wildman–Crippen LogP) is 2.26. The van der Waals surface area contributed by atoms with Crippen molar-refractivity contribution in [3.05, 3.63) is 59.2 Å². The number of esters is 1. The number of nitrogens with zero attached hydrogens (tertiary/aromatic N) is 1. The van der Waals surface area contributed by atoms with Gasteiger partial charge >= 0.3 is 5.97 Å². The lowest BCUT2D eigenvalue weighted by atomic mass is 10.1. The fourth-order valence-electron chi connectivity index (χ4n) is 2.41. The van der Waals surface area contributed by atoms with Crippen molar-refractivity contribution >= 4 is 23.5 Å². The van der Waals surface area contributed by atoms with Crippen molar-refractivity contribution in [3.8, 4) is 5.75 Å². The molecule has 0 aromatic heterocycles. The highest BCUT2D eigenvalue weighted by Crippen LogP contribution is 2.19. The van der Waals surface area contributed by atoms with Crippen LogP contribution in [0.25, 0.3) is 0 Å². The van der Waals surface area contributed by atoms with E-state index in [1.54, 1.807) is 0 Å². The van der Waals surface area contributed by atoms with Gasteiger partial charge in [0, 0.05) is 12.7 Å². The topological polar surface area (TPSA) is 95.9 Å². The molecule has 2 aromatic rings. The average molecular weight is 370 g/mol. The molecule has 2 rings (SSSR count). The lowest BCUT2D eigenvalue weighted by Crippen LogP contribution is -2.37. The van der Waals surface area contributed by atoms with E-state index in [9.17, 15) is 19.5 Å². The van der Waals surface area contributed by atoms with Crippen LogP contribution in [0.2, 0.25) is 0 Å². The number of nitrogens with one attached hydrogen (secondary N) is 1. The van der Waals surface area contributed by atoms with Gasteiger partial charge in [-0.15, -0.1) is 0 Å². The Hall–Kier alpha value is -3.35. The van der Waals surface area contributed by atoms with E-state index in [1.807, 2.05) is 32.0 Å². The maximum atomic E-state index is 12.2. The second-order valence-electron chi connectivity index (χ2n) is 6.19. The SMILES string of the molecule is Cc1cccc(C)c1NC(=O)CN(C)C(=O)COC(=O)c1ccc(O)cc1. The number of rotatable bonds is 6. The molecule has 7 nitrogen and oxygen atoms in total. The first kappa shape index (κ1) is 20.0. The number of amides is 2. The minimum Gasteiger partial charge on any atom is -0.508 e. The van der Waals surface area contributed by atoms with Crippen molar-refractivity contribution in [2.45, 2.75) is 13.8 Å². The Morgan fingerprint density at radius 3 is 2.22 bits per heavy atom. The highest BCUT2D eigenvalue weighted by atomic mass is 16.5. The summed E-state index contributed by atoms with van der Waals surface area (Å²) < 4.78 is 4.95. The summed E-state index contributed by atoms with van der Waals surface area (Å²) in [5, 5.41) is 12.0. The number of aromatic hydroxyl groups is 1. The summed E-state index contributed by atoms with van der Waals surface area (Å²) in [6.45, 7) is 3.14. The van der Waals surface area contributed by atoms with Gasteiger partial charge in [-0.25, -0.2) is 4.79 Å². The van der Waals surface area contributed by atoms with Crippen molar-refractivity contribution in [1.82, 2.24) is 4.90 Å². The van der Waals surface area contributed by atoms with Crippen molar-refractivity contribution in [1.29, 1.82) is 0 Å². The van der Waals surface area contributed by atoms with Gasteiger partial charge in [-0.1, -0.05) is 18.2 Å². The Labute approximate surface area is 157 Å². The van der Waals surface area contributed by atoms with Crippen LogP contribution in [0.15, 0.2) is 42.5 Å². The molecule has 27 heavy (non-hydrogen) atoms. The first-order valence-electron chi connectivity index (χ1n) is 8.34. The number of hydrogen-bond acceptors (Lipinski definition) is 5. The number of ether oxygens (including phenoxy) is 1. The van der Waals surface area contributed by atoms with Crippen molar-refractivity contribution in [3.63, 3.8) is 0 Å². The predicted molar refractivity (Wildman–Crippen MR) is 101 cm³/mol. The summed E-state index contributed by atoms with van der Waals surface area (Å²) in [6.07, 6.45) is 0. The molecule has 7 heteroatoms. The molecule has 0 aliphatic heterocycles. The van der Waals surface area contributed by atoms with Gasteiger partial charge in [-0.05, 0) is 49.2 Å². The van der Waals surface area contributed by atoms with E-state index < -0.39 is 18.5 Å². The molecule has 0 fully saturated rings. The molecule has 2 amide bonds. The second kappa shape index (κ2) is 8.84. The lowest BCUT2D eigenvalue weighted by molar-refractivity contribution is -0.136. The normalized spacial score (nSPS) is 10.2. The molecule has 0 bridgehead atoms. The van der Waals surface area contributed by atoms with Crippen LogP contribution in [0.3, 0.4) is 0 Å². The highest BCUT2D eigenvalue weighted by molar-refractivity contribution is 5.96. The first-order valence-corrected chi connectivity index (χ1v) is 8.34. The van der Waals surface area contributed by atoms with E-state index in [2.05, 4.69) is 5.32 Å². The summed E-state index contributed by atoms with van der Waals surface area (Å²) in [4.78, 5) is 37.3. The largest absolute Gasteiger partial charge is 0.508 e. The Morgan fingerprint density at radius 1 is 1.04 bits per heavy atom. The summed E-state index contributed by atoms with van der Waals surface area (Å²) in [5.74, 6) is -1.50. The van der Waals surface area contributed by atoms with Crippen LogP contribution in [0.5, 0.6) is 5.75 Å². The molecule has 0 saturated carbocycles. The lowest BCUT2D eigenvalue weighted by Gasteiger charge is -2.18. The van der Waals surface area contributed by atoms with Crippen molar-refractivity contribution in [2.75, 3.05) is 25.5 Å². The summed E-state index contributed by atoms with van der Waals surface area (Å²) in [5.41, 5.74) is 2.80. The van der Waals surface area contributed by atoms with Crippen LogP contribution in [0, 0.1) is 13.8 Å². The summed E-state index contributed by atoms with van der Waals surface area (Å²) >= 11 is 0. The molecule has 0 heterocycles. The van der Waals surface area contributed by atoms with E-state index >= 15 is 0 Å². The van der Waals surface area contributed by atoms with E-state index in [1.165, 1.54) is 36.2 Å². The third-order valence-electron chi connectivity index (χ3n) is 3.98. The molecular formula is C20H22N2O5. The van der Waals surface area contributed by atoms with Crippen LogP contribution in [-0.2, 0) is 14.3 Å². The number of aryl methyl sites for hydroxylation is 2. The quantitative estimate of drug-likeness (QED) is 0.761. The number of anilines is 1. The van der Waals surface area contributed by atoms with Gasteiger partial charge in [0.15, 0.2) is 6.61 Å². The van der Waals surface area contributed by atoms with Gasteiger partial charge in [0.25, 0.3) is 5.91 Å². The van der Waals surface area contributed by atoms with Gasteiger partial charge in [0.1, 0.15) is 5.75 Å². The average Bonchev–Trinajstić information content (AvgIpc) is 2.63. The molecule has 2 aromatic carbocycles. The Kier molecular flexibility index (Phi) is 6.54. The Balaban J connectivity index is 1.85. The molecule has 142 valence electrons. The van der Waals surface area contributed by atoms with Crippen LogP contribution in [-0.4, -0.2) is 48.0 Å². The number of carbonyl (C=O) groups is 3. The van der Waals surface area contributed by atoms with Gasteiger partial charge in [0.2, 0.25) is 5.91 Å². The fraction of sp³-hybridized carbons (Fsp3) is 0.250. The zero-order chi connectivity index (χ0) is 20.0. The molecule has 0 aliphatic carbocycles. The number of likely N-dealkylation sites (N-methyl/N-ethyl adjacent to an activating group) is 1. The summed E-state index contributed by atoms with van der Waals surface area (Å²) in [6, 6.07) is 11.2. The van der Waals surface area contributed by atoms with Crippen LogP contribution in [0.1, 0.15) is 21.5 Å². The minimum atomic E-state index is -0.684. The third-order valence-corrected chi connectivity index (χ3v) is 3.98. The van der Waals surface area contributed by atoms with E-state index in [0.29, 0.717) is 0 Å². The molecular weight excluding hydrogens is 348 g/mol. The third kappa shape index (κ3) is 5.57. The van der Waals surface area contributed by atoms with Crippen LogP contribution >= 0.6 is 0 Å². The number of hydrogen-bond donors (Lipinski definition) is 2. The molecule has 0 saturated heterocycles. The minimum absolute atomic E-state index is 0.0252. The van der Waals surface area contributed by atoms with Crippen molar-refractivity contribution < 1.29 is 24.2 Å². The van der Waals surface area contributed by atoms with Gasteiger partial charge < -0.3 is 20.1 Å². The standard InChI is InChI=1S/C20H22N2O5/c1-13-5-4-6-14(2)19(13)21-17(24)11-22(3)18(25)12-27-20(26)15-7-9-16(23)10-8-15/h4-10,23H,11-12H2,1-3H3,(H,21,24). The van der Waals surface area contributed by atoms with Crippen molar-refractivity contribution in [2.24, 2.45) is 0 Å². The number of phenols is 1. The van der Waals surface area contributed by atoms with Gasteiger partial charge in [-0.2, -0.15) is 0 Å². The molecule has 0 unspecified atom stereocenters. The number of carbonyl (C=O) groups excluding carboxylic acids is 3. The molecule has 0 aliphatic rings. The molecule has 0 radical (unpaired) electrons.